The van der Waals surface area contributed by atoms with Crippen molar-refractivity contribution in [2.24, 2.45) is 0 Å². The highest BCUT2D eigenvalue weighted by molar-refractivity contribution is 9.10. The second kappa shape index (κ2) is 9.51. The minimum Gasteiger partial charge on any atom is -0.484 e. The van der Waals surface area contributed by atoms with E-state index in [0.29, 0.717) is 16.3 Å². The van der Waals surface area contributed by atoms with Gasteiger partial charge in [-0.05, 0) is 61.1 Å². The minimum absolute atomic E-state index is 0.0547. The van der Waals surface area contributed by atoms with Crippen LogP contribution < -0.4 is 20.9 Å². The fourth-order valence-electron chi connectivity index (χ4n) is 1.87. The van der Waals surface area contributed by atoms with E-state index in [1.165, 1.54) is 6.07 Å². The Morgan fingerprint density at radius 2 is 1.96 bits per heavy atom. The number of hydrazine groups is 1. The Hall–Kier alpha value is -2.16. The molecule has 6 nitrogen and oxygen atoms in total. The first-order valence-electron chi connectivity index (χ1n) is 7.40. The summed E-state index contributed by atoms with van der Waals surface area (Å²) in [6, 6.07) is 11.8. The molecule has 0 spiro atoms. The number of amides is 2. The number of thiocarbonyl (C=S) groups is 1. The molecule has 136 valence electrons. The summed E-state index contributed by atoms with van der Waals surface area (Å²) in [4.78, 5) is 23.8. The molecule has 0 unspecified atom stereocenters. The molecule has 0 saturated heterocycles. The highest BCUT2D eigenvalue weighted by atomic mass is 79.9. The van der Waals surface area contributed by atoms with Gasteiger partial charge < -0.3 is 4.74 Å². The molecule has 0 bridgehead atoms. The number of hydrogen-bond acceptors (Lipinski definition) is 4. The van der Waals surface area contributed by atoms with Gasteiger partial charge in [0.2, 0.25) is 0 Å². The second-order valence-electron chi connectivity index (χ2n) is 5.17. The standard InChI is InChI=1S/C17H15BrClN3O3S/c1-10-7-13(5-6-14(10)18)25-9-15(23)20-17(26)22-21-16(24)11-3-2-4-12(19)8-11/h2-8H,9H2,1H3,(H,21,24)(H2,20,22,23,26). The summed E-state index contributed by atoms with van der Waals surface area (Å²) in [5, 5.41) is 2.78. The summed E-state index contributed by atoms with van der Waals surface area (Å²) in [5.41, 5.74) is 6.15. The quantitative estimate of drug-likeness (QED) is 0.487. The molecule has 2 rings (SSSR count). The Labute approximate surface area is 169 Å². The van der Waals surface area contributed by atoms with Gasteiger partial charge in [-0.1, -0.05) is 33.6 Å². The predicted octanol–water partition coefficient (Wildman–Crippen LogP) is 3.13. The third-order valence-corrected chi connectivity index (χ3v) is 4.46. The summed E-state index contributed by atoms with van der Waals surface area (Å²) in [6.07, 6.45) is 0. The van der Waals surface area contributed by atoms with Gasteiger partial charge in [0.25, 0.3) is 11.8 Å². The highest BCUT2D eigenvalue weighted by Crippen LogP contribution is 2.21. The maximum atomic E-state index is 11.9. The highest BCUT2D eigenvalue weighted by Gasteiger charge is 2.09. The van der Waals surface area contributed by atoms with Crippen molar-refractivity contribution in [1.82, 2.24) is 16.2 Å². The largest absolute Gasteiger partial charge is 0.484 e. The van der Waals surface area contributed by atoms with E-state index in [4.69, 9.17) is 28.6 Å². The third kappa shape index (κ3) is 6.29. The van der Waals surface area contributed by atoms with Crippen LogP contribution in [0.5, 0.6) is 5.75 Å². The number of carbonyl (C=O) groups is 2. The second-order valence-corrected chi connectivity index (χ2v) is 6.87. The molecule has 0 fully saturated rings. The number of halogens is 2. The number of benzene rings is 2. The van der Waals surface area contributed by atoms with Crippen LogP contribution in [0.15, 0.2) is 46.9 Å². The molecule has 0 aliphatic carbocycles. The number of hydrogen-bond donors (Lipinski definition) is 3. The molecule has 2 aromatic carbocycles. The number of carbonyl (C=O) groups excluding carboxylic acids is 2. The molecule has 2 aromatic rings. The van der Waals surface area contributed by atoms with E-state index >= 15 is 0 Å². The zero-order valence-electron chi connectivity index (χ0n) is 13.6. The molecule has 0 saturated carbocycles. The average Bonchev–Trinajstić information content (AvgIpc) is 2.60. The van der Waals surface area contributed by atoms with Crippen LogP contribution in [0.1, 0.15) is 15.9 Å². The molecular weight excluding hydrogens is 442 g/mol. The smallest absolute Gasteiger partial charge is 0.269 e. The number of ether oxygens (including phenoxy) is 1. The molecule has 0 atom stereocenters. The summed E-state index contributed by atoms with van der Waals surface area (Å²) in [6.45, 7) is 1.70. The van der Waals surface area contributed by atoms with E-state index in [1.54, 1.807) is 30.3 Å². The maximum Gasteiger partial charge on any atom is 0.269 e. The molecule has 0 aliphatic heterocycles. The summed E-state index contributed by atoms with van der Waals surface area (Å²) < 4.78 is 6.34. The summed E-state index contributed by atoms with van der Waals surface area (Å²) in [5.74, 6) is -0.334. The van der Waals surface area contributed by atoms with Crippen molar-refractivity contribution in [2.75, 3.05) is 6.61 Å². The number of aryl methyl sites for hydroxylation is 1. The minimum atomic E-state index is -0.458. The van der Waals surface area contributed by atoms with Crippen molar-refractivity contribution >= 4 is 56.7 Å². The SMILES string of the molecule is Cc1cc(OCC(=O)NC(=S)NNC(=O)c2cccc(Cl)c2)ccc1Br. The van der Waals surface area contributed by atoms with E-state index in [-0.39, 0.29) is 11.7 Å². The Bertz CT molecular complexity index is 848. The maximum absolute atomic E-state index is 11.9. The van der Waals surface area contributed by atoms with Gasteiger partial charge in [-0.15, -0.1) is 0 Å². The first-order chi connectivity index (χ1) is 12.3. The molecule has 0 aliphatic rings. The van der Waals surface area contributed by atoms with Crippen molar-refractivity contribution in [1.29, 1.82) is 0 Å². The molecule has 0 heterocycles. The molecule has 2 amide bonds. The predicted molar refractivity (Wildman–Crippen MR) is 107 cm³/mol. The van der Waals surface area contributed by atoms with Gasteiger partial charge in [-0.25, -0.2) is 0 Å². The Kier molecular flexibility index (Phi) is 7.38. The first kappa shape index (κ1) is 20.2. The fourth-order valence-corrected chi connectivity index (χ4v) is 2.47. The van der Waals surface area contributed by atoms with Crippen LogP contribution in [-0.2, 0) is 4.79 Å². The summed E-state index contributed by atoms with van der Waals surface area (Å²) in [7, 11) is 0. The Balaban J connectivity index is 1.75. The van der Waals surface area contributed by atoms with Crippen LogP contribution in [0.4, 0.5) is 0 Å². The van der Waals surface area contributed by atoms with Crippen molar-refractivity contribution in [3.63, 3.8) is 0 Å². The third-order valence-electron chi connectivity index (χ3n) is 3.13. The Morgan fingerprint density at radius 1 is 1.19 bits per heavy atom. The van der Waals surface area contributed by atoms with E-state index in [0.717, 1.165) is 10.0 Å². The lowest BCUT2D eigenvalue weighted by Crippen LogP contribution is -2.49. The molecular formula is C17H15BrClN3O3S. The topological polar surface area (TPSA) is 79.5 Å². The van der Waals surface area contributed by atoms with Crippen LogP contribution in [0.3, 0.4) is 0 Å². The van der Waals surface area contributed by atoms with Gasteiger partial charge >= 0.3 is 0 Å². The zero-order valence-corrected chi connectivity index (χ0v) is 16.8. The molecule has 0 radical (unpaired) electrons. The lowest BCUT2D eigenvalue weighted by molar-refractivity contribution is -0.121. The van der Waals surface area contributed by atoms with Crippen LogP contribution in [0, 0.1) is 6.92 Å². The van der Waals surface area contributed by atoms with E-state index in [9.17, 15) is 9.59 Å². The summed E-state index contributed by atoms with van der Waals surface area (Å²) >= 11 is 14.2. The van der Waals surface area contributed by atoms with Crippen LogP contribution in [-0.4, -0.2) is 23.5 Å². The first-order valence-corrected chi connectivity index (χ1v) is 8.98. The fraction of sp³-hybridized carbons (Fsp3) is 0.118. The van der Waals surface area contributed by atoms with Crippen molar-refractivity contribution in [3.8, 4) is 5.75 Å². The molecule has 9 heteroatoms. The van der Waals surface area contributed by atoms with Gasteiger partial charge in [-0.2, -0.15) is 0 Å². The lowest BCUT2D eigenvalue weighted by Gasteiger charge is -2.12. The average molecular weight is 457 g/mol. The molecule has 26 heavy (non-hydrogen) atoms. The van der Waals surface area contributed by atoms with Crippen molar-refractivity contribution < 1.29 is 14.3 Å². The van der Waals surface area contributed by atoms with Gasteiger partial charge in [0, 0.05) is 15.1 Å². The molecule has 0 aromatic heterocycles. The van der Waals surface area contributed by atoms with Gasteiger partial charge in [0.15, 0.2) is 11.7 Å². The zero-order chi connectivity index (χ0) is 19.1. The van der Waals surface area contributed by atoms with E-state index in [1.807, 2.05) is 13.0 Å². The van der Waals surface area contributed by atoms with Gasteiger partial charge in [0.1, 0.15) is 5.75 Å². The van der Waals surface area contributed by atoms with Crippen LogP contribution >= 0.6 is 39.7 Å². The van der Waals surface area contributed by atoms with Crippen LogP contribution in [0.2, 0.25) is 5.02 Å². The lowest BCUT2D eigenvalue weighted by atomic mass is 10.2. The molecule has 3 N–H and O–H groups in total. The van der Waals surface area contributed by atoms with Gasteiger partial charge in [-0.3, -0.25) is 25.8 Å². The number of nitrogens with one attached hydrogen (secondary N) is 3. The Morgan fingerprint density at radius 3 is 2.65 bits per heavy atom. The van der Waals surface area contributed by atoms with Crippen LogP contribution in [0.25, 0.3) is 0 Å². The van der Waals surface area contributed by atoms with E-state index in [2.05, 4.69) is 32.1 Å². The van der Waals surface area contributed by atoms with Gasteiger partial charge in [0.05, 0.1) is 0 Å². The number of rotatable bonds is 4. The van der Waals surface area contributed by atoms with Crippen molar-refractivity contribution in [2.45, 2.75) is 6.92 Å². The monoisotopic (exact) mass is 455 g/mol. The van der Waals surface area contributed by atoms with Crippen molar-refractivity contribution in [3.05, 3.63) is 63.1 Å². The van der Waals surface area contributed by atoms with E-state index < -0.39 is 11.8 Å². The normalized spacial score (nSPS) is 9.96.